The monoisotopic (exact) mass is 246 g/mol. The Kier molecular flexibility index (Phi) is 4.81. The van der Waals surface area contributed by atoms with Crippen molar-refractivity contribution in [3.05, 3.63) is 12.2 Å². The van der Waals surface area contributed by atoms with E-state index in [1.165, 1.54) is 6.08 Å². The van der Waals surface area contributed by atoms with E-state index in [4.69, 9.17) is 21.4 Å². The molecule has 5 atom stereocenters. The molecule has 92 valence electrons. The molecule has 1 saturated carbocycles. The maximum Gasteiger partial charge on any atom is 0.327 e. The van der Waals surface area contributed by atoms with E-state index in [9.17, 15) is 4.79 Å². The molecule has 0 radical (unpaired) electrons. The van der Waals surface area contributed by atoms with Crippen molar-refractivity contribution in [1.29, 1.82) is 0 Å². The van der Waals surface area contributed by atoms with Crippen LogP contribution in [0.15, 0.2) is 12.2 Å². The molecule has 0 aromatic heterocycles. The van der Waals surface area contributed by atoms with E-state index in [1.807, 2.05) is 0 Å². The van der Waals surface area contributed by atoms with Crippen molar-refractivity contribution in [2.45, 2.75) is 31.7 Å². The normalized spacial score (nSPS) is 40.1. The van der Waals surface area contributed by atoms with Crippen LogP contribution in [0.2, 0.25) is 0 Å². The number of alkyl halides is 1. The Bertz CT molecular complexity index is 275. The molecule has 4 heteroatoms. The lowest BCUT2D eigenvalue weighted by molar-refractivity contribution is -0.131. The van der Waals surface area contributed by atoms with Gasteiger partial charge in [-0.2, -0.15) is 0 Å². The lowest BCUT2D eigenvalue weighted by Gasteiger charge is -2.40. The van der Waals surface area contributed by atoms with Crippen molar-refractivity contribution < 1.29 is 14.6 Å². The first-order chi connectivity index (χ1) is 7.47. The Morgan fingerprint density at radius 1 is 1.50 bits per heavy atom. The van der Waals surface area contributed by atoms with Crippen molar-refractivity contribution >= 4 is 17.6 Å². The van der Waals surface area contributed by atoms with E-state index < -0.39 is 5.97 Å². The third-order valence-corrected chi connectivity index (χ3v) is 4.28. The molecule has 3 nitrogen and oxygen atoms in total. The summed E-state index contributed by atoms with van der Waals surface area (Å²) >= 11 is 6.31. The molecule has 0 saturated heterocycles. The predicted molar refractivity (Wildman–Crippen MR) is 63.6 cm³/mol. The molecule has 0 heterocycles. The Morgan fingerprint density at radius 3 is 2.62 bits per heavy atom. The maximum atomic E-state index is 10.5. The molecule has 0 aromatic rings. The molecular formula is C12H19ClO3. The van der Waals surface area contributed by atoms with Gasteiger partial charge in [0.25, 0.3) is 0 Å². The van der Waals surface area contributed by atoms with Crippen LogP contribution >= 0.6 is 11.6 Å². The third-order valence-electron chi connectivity index (χ3n) is 3.45. The van der Waals surface area contributed by atoms with Gasteiger partial charge < -0.3 is 9.84 Å². The second kappa shape index (κ2) is 5.69. The lowest BCUT2D eigenvalue weighted by Crippen LogP contribution is -2.41. The van der Waals surface area contributed by atoms with Gasteiger partial charge in [-0.3, -0.25) is 0 Å². The van der Waals surface area contributed by atoms with Gasteiger partial charge in [0.15, 0.2) is 0 Å². The molecule has 1 rings (SSSR count). The lowest BCUT2D eigenvalue weighted by atomic mass is 9.73. The number of hydrogen-bond acceptors (Lipinski definition) is 2. The number of carboxylic acid groups (broad SMARTS) is 1. The van der Waals surface area contributed by atoms with E-state index in [1.54, 1.807) is 13.2 Å². The smallest absolute Gasteiger partial charge is 0.327 e. The molecule has 0 aliphatic heterocycles. The Balaban J connectivity index is 2.81. The van der Waals surface area contributed by atoms with E-state index in [0.717, 1.165) is 6.42 Å². The predicted octanol–water partition coefficient (Wildman–Crippen LogP) is 2.54. The van der Waals surface area contributed by atoms with Gasteiger partial charge in [0.1, 0.15) is 0 Å². The number of methoxy groups -OCH3 is 1. The first-order valence-corrected chi connectivity index (χ1v) is 5.99. The van der Waals surface area contributed by atoms with Crippen molar-refractivity contribution in [1.82, 2.24) is 0 Å². The quantitative estimate of drug-likeness (QED) is 0.615. The van der Waals surface area contributed by atoms with Gasteiger partial charge in [-0.25, -0.2) is 4.79 Å². The summed E-state index contributed by atoms with van der Waals surface area (Å²) in [4.78, 5) is 10.5. The summed E-state index contributed by atoms with van der Waals surface area (Å²) in [6.07, 6.45) is 3.84. The standard InChI is InChI=1S/C12H19ClO3/c1-7-6-10(16-3)9(4-5-11(14)15)8(2)12(7)13/h4-5,7-10,12H,6H2,1-3H3,(H,14,15)/b5-4+. The zero-order chi connectivity index (χ0) is 12.3. The fourth-order valence-electron chi connectivity index (χ4n) is 2.47. The summed E-state index contributed by atoms with van der Waals surface area (Å²) in [6, 6.07) is 0. The van der Waals surface area contributed by atoms with Gasteiger partial charge in [0.05, 0.1) is 6.10 Å². The average Bonchev–Trinajstić information content (AvgIpc) is 2.23. The Hall–Kier alpha value is -0.540. The van der Waals surface area contributed by atoms with Crippen LogP contribution in [0.1, 0.15) is 20.3 Å². The highest BCUT2D eigenvalue weighted by Gasteiger charge is 2.38. The van der Waals surface area contributed by atoms with Crippen LogP contribution in [-0.4, -0.2) is 29.7 Å². The highest BCUT2D eigenvalue weighted by atomic mass is 35.5. The van der Waals surface area contributed by atoms with Crippen LogP contribution in [0.4, 0.5) is 0 Å². The summed E-state index contributed by atoms with van der Waals surface area (Å²) in [5, 5.41) is 8.73. The molecule has 0 aromatic carbocycles. The summed E-state index contributed by atoms with van der Waals surface area (Å²) < 4.78 is 5.42. The van der Waals surface area contributed by atoms with Crippen LogP contribution in [0.5, 0.6) is 0 Å². The maximum absolute atomic E-state index is 10.5. The van der Waals surface area contributed by atoms with E-state index in [2.05, 4.69) is 13.8 Å². The molecule has 0 amide bonds. The van der Waals surface area contributed by atoms with Crippen LogP contribution in [-0.2, 0) is 9.53 Å². The van der Waals surface area contributed by atoms with Gasteiger partial charge in [-0.15, -0.1) is 11.6 Å². The zero-order valence-corrected chi connectivity index (χ0v) is 10.6. The minimum Gasteiger partial charge on any atom is -0.478 e. The minimum atomic E-state index is -0.924. The molecule has 5 unspecified atom stereocenters. The van der Waals surface area contributed by atoms with E-state index in [-0.39, 0.29) is 23.3 Å². The average molecular weight is 247 g/mol. The molecule has 0 spiro atoms. The number of halogens is 1. The third kappa shape index (κ3) is 2.98. The molecule has 1 N–H and O–H groups in total. The van der Waals surface area contributed by atoms with Crippen LogP contribution in [0.25, 0.3) is 0 Å². The summed E-state index contributed by atoms with van der Waals surface area (Å²) in [6.45, 7) is 4.16. The fraction of sp³-hybridized carbons (Fsp3) is 0.750. The van der Waals surface area contributed by atoms with Crippen molar-refractivity contribution in [3.8, 4) is 0 Å². The number of aliphatic carboxylic acids is 1. The molecule has 1 aliphatic rings. The topological polar surface area (TPSA) is 46.5 Å². The van der Waals surface area contributed by atoms with Crippen LogP contribution < -0.4 is 0 Å². The Labute approximate surface area is 101 Å². The minimum absolute atomic E-state index is 0.0654. The number of carbonyl (C=O) groups is 1. The summed E-state index contributed by atoms with van der Waals surface area (Å²) in [5.41, 5.74) is 0. The summed E-state index contributed by atoms with van der Waals surface area (Å²) in [5.74, 6) is -0.214. The molecule has 0 bridgehead atoms. The number of carboxylic acids is 1. The van der Waals surface area contributed by atoms with Gasteiger partial charge in [0, 0.05) is 24.5 Å². The number of rotatable bonds is 3. The van der Waals surface area contributed by atoms with E-state index >= 15 is 0 Å². The number of ether oxygens (including phenoxy) is 1. The highest BCUT2D eigenvalue weighted by molar-refractivity contribution is 6.21. The Morgan fingerprint density at radius 2 is 2.12 bits per heavy atom. The molecular weight excluding hydrogens is 228 g/mol. The highest BCUT2D eigenvalue weighted by Crippen LogP contribution is 2.39. The van der Waals surface area contributed by atoms with Gasteiger partial charge in [0.2, 0.25) is 0 Å². The van der Waals surface area contributed by atoms with Crippen LogP contribution in [0, 0.1) is 17.8 Å². The molecule has 1 fully saturated rings. The molecule has 1 aliphatic carbocycles. The second-order valence-electron chi connectivity index (χ2n) is 4.57. The first kappa shape index (κ1) is 13.5. The first-order valence-electron chi connectivity index (χ1n) is 5.55. The number of hydrogen-bond donors (Lipinski definition) is 1. The van der Waals surface area contributed by atoms with Crippen molar-refractivity contribution in [2.75, 3.05) is 7.11 Å². The van der Waals surface area contributed by atoms with Crippen molar-refractivity contribution in [2.24, 2.45) is 17.8 Å². The molecule has 16 heavy (non-hydrogen) atoms. The van der Waals surface area contributed by atoms with Crippen LogP contribution in [0.3, 0.4) is 0 Å². The zero-order valence-electron chi connectivity index (χ0n) is 9.89. The fourth-order valence-corrected chi connectivity index (χ4v) is 2.74. The summed E-state index contributed by atoms with van der Waals surface area (Å²) in [7, 11) is 1.67. The largest absolute Gasteiger partial charge is 0.478 e. The van der Waals surface area contributed by atoms with Gasteiger partial charge in [-0.05, 0) is 18.3 Å². The van der Waals surface area contributed by atoms with Gasteiger partial charge in [-0.1, -0.05) is 19.9 Å². The van der Waals surface area contributed by atoms with Gasteiger partial charge >= 0.3 is 5.97 Å². The second-order valence-corrected chi connectivity index (χ2v) is 5.07. The van der Waals surface area contributed by atoms with E-state index in [0.29, 0.717) is 5.92 Å². The SMILES string of the molecule is COC1CC(C)C(Cl)C(C)C1/C=C/C(=O)O. The van der Waals surface area contributed by atoms with Crippen molar-refractivity contribution in [3.63, 3.8) is 0 Å².